The van der Waals surface area contributed by atoms with Gasteiger partial charge in [0, 0.05) is 51.0 Å². The van der Waals surface area contributed by atoms with Crippen molar-refractivity contribution in [1.82, 2.24) is 19.8 Å². The van der Waals surface area contributed by atoms with E-state index in [2.05, 4.69) is 20.1 Å². The Labute approximate surface area is 221 Å². The molecule has 2 unspecified atom stereocenters. The second kappa shape index (κ2) is 13.2. The maximum Gasteiger partial charge on any atom is 0.248 e. The van der Waals surface area contributed by atoms with Gasteiger partial charge in [-0.05, 0) is 56.7 Å². The standard InChI is InChI=1S/C29H42N6O2/c36-28(23-37-22-24-10-4-3-5-11-24)35-19-9-13-26(21-35)34-18-8-12-25(20-34)31-29-30-15-14-27(32-29)33-16-6-1-2-7-17-33/h3-5,10-11,14-15,25-26H,1-2,6-9,12-13,16-23H2,(H,30,31,32). The first-order valence-corrected chi connectivity index (χ1v) is 14.2. The van der Waals surface area contributed by atoms with E-state index in [9.17, 15) is 4.79 Å². The molecule has 3 aliphatic rings. The molecule has 2 atom stereocenters. The molecule has 2 aromatic rings. The number of amides is 1. The largest absolute Gasteiger partial charge is 0.367 e. The predicted octanol–water partition coefficient (Wildman–Crippen LogP) is 3.94. The Morgan fingerprint density at radius 3 is 2.57 bits per heavy atom. The van der Waals surface area contributed by atoms with Crippen LogP contribution in [0.25, 0.3) is 0 Å². The predicted molar refractivity (Wildman–Crippen MR) is 147 cm³/mol. The number of likely N-dealkylation sites (tertiary alicyclic amines) is 2. The van der Waals surface area contributed by atoms with Crippen LogP contribution in [0.3, 0.4) is 0 Å². The molecule has 0 aliphatic carbocycles. The van der Waals surface area contributed by atoms with E-state index < -0.39 is 0 Å². The van der Waals surface area contributed by atoms with Gasteiger partial charge in [0.1, 0.15) is 12.4 Å². The van der Waals surface area contributed by atoms with Gasteiger partial charge in [0.15, 0.2) is 0 Å². The van der Waals surface area contributed by atoms with Crippen molar-refractivity contribution in [1.29, 1.82) is 0 Å². The van der Waals surface area contributed by atoms with Crippen molar-refractivity contribution in [2.24, 2.45) is 0 Å². The number of benzene rings is 1. The maximum atomic E-state index is 12.9. The molecule has 0 spiro atoms. The van der Waals surface area contributed by atoms with Crippen LogP contribution in [-0.4, -0.2) is 83.6 Å². The minimum Gasteiger partial charge on any atom is -0.367 e. The summed E-state index contributed by atoms with van der Waals surface area (Å²) in [5.74, 6) is 1.89. The summed E-state index contributed by atoms with van der Waals surface area (Å²) >= 11 is 0. The van der Waals surface area contributed by atoms with E-state index >= 15 is 0 Å². The van der Waals surface area contributed by atoms with Gasteiger partial charge in [0.2, 0.25) is 11.9 Å². The number of nitrogens with one attached hydrogen (secondary N) is 1. The van der Waals surface area contributed by atoms with Gasteiger partial charge in [-0.25, -0.2) is 4.98 Å². The molecule has 0 bridgehead atoms. The number of ether oxygens (including phenoxy) is 1. The molecule has 200 valence electrons. The summed E-state index contributed by atoms with van der Waals surface area (Å²) < 4.78 is 5.73. The Kier molecular flexibility index (Phi) is 9.24. The number of aromatic nitrogens is 2. The van der Waals surface area contributed by atoms with Crippen LogP contribution in [0.2, 0.25) is 0 Å². The maximum absolute atomic E-state index is 12.9. The Hall–Kier alpha value is -2.71. The molecule has 1 aromatic heterocycles. The summed E-state index contributed by atoms with van der Waals surface area (Å²) in [4.78, 5) is 29.3. The number of nitrogens with zero attached hydrogens (tertiary/aromatic N) is 5. The molecular formula is C29H42N6O2. The molecule has 0 radical (unpaired) electrons. The van der Waals surface area contributed by atoms with Crippen molar-refractivity contribution in [3.63, 3.8) is 0 Å². The third-order valence-corrected chi connectivity index (χ3v) is 7.96. The zero-order chi connectivity index (χ0) is 25.3. The second-order valence-electron chi connectivity index (χ2n) is 10.7. The topological polar surface area (TPSA) is 73.8 Å². The van der Waals surface area contributed by atoms with Gasteiger partial charge >= 0.3 is 0 Å². The molecule has 3 saturated heterocycles. The highest BCUT2D eigenvalue weighted by atomic mass is 16.5. The van der Waals surface area contributed by atoms with Crippen LogP contribution in [0.5, 0.6) is 0 Å². The first-order valence-electron chi connectivity index (χ1n) is 14.2. The second-order valence-corrected chi connectivity index (χ2v) is 10.7. The monoisotopic (exact) mass is 506 g/mol. The zero-order valence-electron chi connectivity index (χ0n) is 22.1. The van der Waals surface area contributed by atoms with Gasteiger partial charge < -0.3 is 19.9 Å². The van der Waals surface area contributed by atoms with Gasteiger partial charge in [0.25, 0.3) is 0 Å². The molecule has 8 heteroatoms. The van der Waals surface area contributed by atoms with Crippen molar-refractivity contribution >= 4 is 17.7 Å². The molecular weight excluding hydrogens is 464 g/mol. The zero-order valence-corrected chi connectivity index (χ0v) is 22.1. The molecule has 1 amide bonds. The van der Waals surface area contributed by atoms with Gasteiger partial charge in [-0.3, -0.25) is 9.69 Å². The van der Waals surface area contributed by atoms with Gasteiger partial charge in [0.05, 0.1) is 6.61 Å². The van der Waals surface area contributed by atoms with Crippen molar-refractivity contribution in [2.75, 3.05) is 56.1 Å². The Bertz CT molecular complexity index is 981. The lowest BCUT2D eigenvalue weighted by Gasteiger charge is -2.43. The third-order valence-electron chi connectivity index (χ3n) is 7.96. The van der Waals surface area contributed by atoms with Gasteiger partial charge in [-0.2, -0.15) is 4.98 Å². The minimum atomic E-state index is 0.103. The average molecular weight is 507 g/mol. The van der Waals surface area contributed by atoms with E-state index in [1.54, 1.807) is 0 Å². The Morgan fingerprint density at radius 1 is 0.919 bits per heavy atom. The fourth-order valence-electron chi connectivity index (χ4n) is 5.93. The fraction of sp³-hybridized carbons (Fsp3) is 0.621. The Balaban J connectivity index is 1.11. The van der Waals surface area contributed by atoms with Crippen molar-refractivity contribution in [2.45, 2.75) is 70.1 Å². The third kappa shape index (κ3) is 7.42. The van der Waals surface area contributed by atoms with Crippen LogP contribution in [-0.2, 0) is 16.1 Å². The highest BCUT2D eigenvalue weighted by Crippen LogP contribution is 2.23. The van der Waals surface area contributed by atoms with Gasteiger partial charge in [-0.1, -0.05) is 43.2 Å². The van der Waals surface area contributed by atoms with E-state index in [0.29, 0.717) is 18.7 Å². The quantitative estimate of drug-likeness (QED) is 0.581. The lowest BCUT2D eigenvalue weighted by atomic mass is 9.98. The van der Waals surface area contributed by atoms with Crippen molar-refractivity contribution < 1.29 is 9.53 Å². The van der Waals surface area contributed by atoms with Crippen LogP contribution in [0, 0.1) is 0 Å². The van der Waals surface area contributed by atoms with Crippen molar-refractivity contribution in [3.8, 4) is 0 Å². The van der Waals surface area contributed by atoms with E-state index in [4.69, 9.17) is 9.72 Å². The summed E-state index contributed by atoms with van der Waals surface area (Å²) in [6, 6.07) is 12.8. The van der Waals surface area contributed by atoms with E-state index in [1.165, 1.54) is 25.7 Å². The number of carbonyl (C=O) groups is 1. The lowest BCUT2D eigenvalue weighted by Crippen LogP contribution is -2.54. The molecule has 3 fully saturated rings. The fourth-order valence-corrected chi connectivity index (χ4v) is 5.93. The average Bonchev–Trinajstić information content (AvgIpc) is 3.24. The van der Waals surface area contributed by atoms with Crippen LogP contribution in [0.4, 0.5) is 11.8 Å². The summed E-state index contributed by atoms with van der Waals surface area (Å²) in [6.45, 7) is 6.47. The summed E-state index contributed by atoms with van der Waals surface area (Å²) in [6.07, 6.45) is 11.5. The molecule has 4 heterocycles. The summed E-state index contributed by atoms with van der Waals surface area (Å²) in [5.41, 5.74) is 1.10. The molecule has 1 N–H and O–H groups in total. The van der Waals surface area contributed by atoms with Crippen LogP contribution in [0.15, 0.2) is 42.6 Å². The molecule has 37 heavy (non-hydrogen) atoms. The summed E-state index contributed by atoms with van der Waals surface area (Å²) in [7, 11) is 0. The lowest BCUT2D eigenvalue weighted by molar-refractivity contribution is -0.138. The van der Waals surface area contributed by atoms with Crippen molar-refractivity contribution in [3.05, 3.63) is 48.2 Å². The molecule has 3 aliphatic heterocycles. The van der Waals surface area contributed by atoms with E-state index in [-0.39, 0.29) is 12.5 Å². The molecule has 0 saturated carbocycles. The SMILES string of the molecule is O=C(COCc1ccccc1)N1CCCC(N2CCCC(Nc3nccc(N4CCCCCC4)n3)C2)C1. The molecule has 8 nitrogen and oxygen atoms in total. The number of piperidine rings is 2. The number of carbonyl (C=O) groups excluding carboxylic acids is 1. The van der Waals surface area contributed by atoms with Gasteiger partial charge in [-0.15, -0.1) is 0 Å². The highest BCUT2D eigenvalue weighted by Gasteiger charge is 2.31. The highest BCUT2D eigenvalue weighted by molar-refractivity contribution is 5.77. The summed E-state index contributed by atoms with van der Waals surface area (Å²) in [5, 5.41) is 3.63. The molecule has 5 rings (SSSR count). The first kappa shape index (κ1) is 25.9. The van der Waals surface area contributed by atoms with E-state index in [0.717, 1.165) is 82.3 Å². The normalized spacial score (nSPS) is 23.5. The number of hydrogen-bond donors (Lipinski definition) is 1. The van der Waals surface area contributed by atoms with Crippen LogP contribution >= 0.6 is 0 Å². The number of rotatable bonds is 8. The number of anilines is 2. The first-order chi connectivity index (χ1) is 18.2. The van der Waals surface area contributed by atoms with Crippen LogP contribution < -0.4 is 10.2 Å². The minimum absolute atomic E-state index is 0.103. The number of hydrogen-bond acceptors (Lipinski definition) is 7. The Morgan fingerprint density at radius 2 is 1.73 bits per heavy atom. The van der Waals surface area contributed by atoms with Crippen LogP contribution in [0.1, 0.15) is 56.9 Å². The smallest absolute Gasteiger partial charge is 0.248 e. The van der Waals surface area contributed by atoms with E-state index in [1.807, 2.05) is 47.5 Å². The molecule has 1 aromatic carbocycles.